The Kier molecular flexibility index (Phi) is 5.41. The van der Waals surface area contributed by atoms with Crippen molar-refractivity contribution >= 4 is 33.6 Å². The van der Waals surface area contributed by atoms with Crippen molar-refractivity contribution in [3.05, 3.63) is 33.3 Å². The highest BCUT2D eigenvalue weighted by Crippen LogP contribution is 2.27. The number of nitrogens with one attached hydrogen (secondary N) is 1. The van der Waals surface area contributed by atoms with E-state index in [1.165, 1.54) is 0 Å². The van der Waals surface area contributed by atoms with E-state index in [2.05, 4.69) is 21.2 Å². The summed E-state index contributed by atoms with van der Waals surface area (Å²) in [4.78, 5) is 14.2. The second-order valence-corrected chi connectivity index (χ2v) is 8.00. The minimum absolute atomic E-state index is 0.0405. The van der Waals surface area contributed by atoms with Crippen LogP contribution >= 0.6 is 27.5 Å². The zero-order valence-corrected chi connectivity index (χ0v) is 15.7. The third kappa shape index (κ3) is 4.61. The molecule has 1 amide bonds. The van der Waals surface area contributed by atoms with Crippen LogP contribution in [0.4, 0.5) is 4.79 Å². The van der Waals surface area contributed by atoms with Crippen LogP contribution in [0.1, 0.15) is 39.3 Å². The van der Waals surface area contributed by atoms with E-state index >= 15 is 0 Å². The number of amides is 1. The highest BCUT2D eigenvalue weighted by atomic mass is 79.9. The lowest BCUT2D eigenvalue weighted by atomic mass is 10.0. The van der Waals surface area contributed by atoms with Gasteiger partial charge in [0.1, 0.15) is 5.60 Å². The van der Waals surface area contributed by atoms with Gasteiger partial charge in [-0.1, -0.05) is 27.5 Å². The van der Waals surface area contributed by atoms with E-state index in [4.69, 9.17) is 16.3 Å². The van der Waals surface area contributed by atoms with Crippen molar-refractivity contribution in [2.75, 3.05) is 13.1 Å². The summed E-state index contributed by atoms with van der Waals surface area (Å²) >= 11 is 9.58. The van der Waals surface area contributed by atoms with Crippen molar-refractivity contribution < 1.29 is 9.53 Å². The number of piperazine rings is 1. The zero-order valence-electron chi connectivity index (χ0n) is 13.3. The number of nitrogens with zero attached hydrogens (tertiary/aromatic N) is 1. The van der Waals surface area contributed by atoms with Crippen LogP contribution in [0.5, 0.6) is 0 Å². The van der Waals surface area contributed by atoms with Gasteiger partial charge in [-0.15, -0.1) is 0 Å². The Hall–Kier alpha value is -0.780. The quantitative estimate of drug-likeness (QED) is 0.775. The summed E-state index contributed by atoms with van der Waals surface area (Å²) in [6, 6.07) is 5.93. The summed E-state index contributed by atoms with van der Waals surface area (Å²) in [5, 5.41) is 4.13. The Balaban J connectivity index is 2.15. The number of carbonyl (C=O) groups excluding carboxylic acids is 1. The lowest BCUT2D eigenvalue weighted by Crippen LogP contribution is -2.54. The third-order valence-electron chi connectivity index (χ3n) is 3.49. The van der Waals surface area contributed by atoms with Crippen molar-refractivity contribution in [2.45, 2.75) is 45.4 Å². The molecule has 0 bridgehead atoms. The van der Waals surface area contributed by atoms with Crippen molar-refractivity contribution in [1.82, 2.24) is 10.2 Å². The van der Waals surface area contributed by atoms with Gasteiger partial charge in [-0.3, -0.25) is 0 Å². The normalized spacial score (nSPS) is 22.5. The summed E-state index contributed by atoms with van der Waals surface area (Å²) in [6.07, 6.45) is -0.271. The monoisotopic (exact) mass is 388 g/mol. The van der Waals surface area contributed by atoms with Crippen LogP contribution in [0.15, 0.2) is 22.7 Å². The molecule has 0 radical (unpaired) electrons. The molecule has 0 spiro atoms. The molecule has 0 saturated carbocycles. The van der Waals surface area contributed by atoms with Gasteiger partial charge in [0, 0.05) is 28.6 Å². The van der Waals surface area contributed by atoms with E-state index < -0.39 is 5.60 Å². The molecule has 1 aromatic carbocycles. The topological polar surface area (TPSA) is 41.6 Å². The van der Waals surface area contributed by atoms with E-state index in [9.17, 15) is 4.79 Å². The number of rotatable bonds is 1. The maximum absolute atomic E-state index is 12.4. The number of ether oxygens (including phenoxy) is 1. The van der Waals surface area contributed by atoms with Crippen LogP contribution in [0.3, 0.4) is 0 Å². The fraction of sp³-hybridized carbons (Fsp3) is 0.562. The Morgan fingerprint density at radius 2 is 2.09 bits per heavy atom. The van der Waals surface area contributed by atoms with E-state index in [1.807, 2.05) is 45.9 Å². The molecule has 22 heavy (non-hydrogen) atoms. The minimum atomic E-state index is -0.490. The molecule has 0 aliphatic carbocycles. The summed E-state index contributed by atoms with van der Waals surface area (Å²) in [7, 11) is 0. The Labute approximate surface area is 145 Å². The molecule has 1 aromatic rings. The van der Waals surface area contributed by atoms with Crippen LogP contribution in [-0.2, 0) is 4.74 Å². The first-order chi connectivity index (χ1) is 10.2. The van der Waals surface area contributed by atoms with Gasteiger partial charge in [0.15, 0.2) is 0 Å². The van der Waals surface area contributed by atoms with Gasteiger partial charge in [0.05, 0.1) is 6.04 Å². The van der Waals surface area contributed by atoms with E-state index in [-0.39, 0.29) is 18.2 Å². The van der Waals surface area contributed by atoms with Crippen LogP contribution < -0.4 is 5.32 Å². The standard InChI is InChI=1S/C16H22BrClN2O2/c1-10-8-19-14(11-5-12(17)7-13(18)6-11)9-20(10)15(21)22-16(2,3)4/h5-7,10,14,19H,8-9H2,1-4H3/t10-,14-/m0/s1. The molecule has 6 heteroatoms. The molecular weight excluding hydrogens is 368 g/mol. The molecule has 4 nitrogen and oxygen atoms in total. The molecule has 1 aliphatic heterocycles. The van der Waals surface area contributed by atoms with Gasteiger partial charge >= 0.3 is 6.09 Å². The maximum atomic E-state index is 12.4. The van der Waals surface area contributed by atoms with E-state index in [1.54, 1.807) is 4.90 Å². The molecule has 1 saturated heterocycles. The SMILES string of the molecule is C[C@H]1CN[C@H](c2cc(Cl)cc(Br)c2)CN1C(=O)OC(C)(C)C. The van der Waals surface area contributed by atoms with Crippen LogP contribution in [0.25, 0.3) is 0 Å². The first kappa shape index (κ1) is 17.6. The third-order valence-corrected chi connectivity index (χ3v) is 4.16. The molecular formula is C16H22BrClN2O2. The molecule has 1 N–H and O–H groups in total. The molecule has 2 atom stereocenters. The summed E-state index contributed by atoms with van der Waals surface area (Å²) in [6.45, 7) is 8.92. The average Bonchev–Trinajstić information content (AvgIpc) is 2.35. The number of benzene rings is 1. The van der Waals surface area contributed by atoms with Gasteiger partial charge in [0.25, 0.3) is 0 Å². The Morgan fingerprint density at radius 1 is 1.41 bits per heavy atom. The van der Waals surface area contributed by atoms with Crippen LogP contribution in [0, 0.1) is 0 Å². The lowest BCUT2D eigenvalue weighted by molar-refractivity contribution is 0.00958. The lowest BCUT2D eigenvalue weighted by Gasteiger charge is -2.39. The number of hydrogen-bond donors (Lipinski definition) is 1. The molecule has 1 fully saturated rings. The van der Waals surface area contributed by atoms with Gasteiger partial charge in [-0.2, -0.15) is 0 Å². The number of hydrogen-bond acceptors (Lipinski definition) is 3. The predicted octanol–water partition coefficient (Wildman–Crippen LogP) is 4.37. The van der Waals surface area contributed by atoms with Gasteiger partial charge in [-0.25, -0.2) is 4.79 Å². The van der Waals surface area contributed by atoms with Crippen LogP contribution in [0.2, 0.25) is 5.02 Å². The number of carbonyl (C=O) groups is 1. The second kappa shape index (κ2) is 6.77. The zero-order chi connectivity index (χ0) is 16.5. The molecule has 1 aliphatic rings. The minimum Gasteiger partial charge on any atom is -0.444 e. The van der Waals surface area contributed by atoms with E-state index in [0.717, 1.165) is 10.0 Å². The van der Waals surface area contributed by atoms with Crippen molar-refractivity contribution in [3.63, 3.8) is 0 Å². The fourth-order valence-electron chi connectivity index (χ4n) is 2.44. The average molecular weight is 390 g/mol. The summed E-state index contributed by atoms with van der Waals surface area (Å²) < 4.78 is 6.43. The first-order valence-electron chi connectivity index (χ1n) is 7.35. The fourth-order valence-corrected chi connectivity index (χ4v) is 3.33. The number of halogens is 2. The molecule has 1 heterocycles. The van der Waals surface area contributed by atoms with Crippen molar-refractivity contribution in [1.29, 1.82) is 0 Å². The maximum Gasteiger partial charge on any atom is 0.410 e. The Bertz CT molecular complexity index is 539. The largest absolute Gasteiger partial charge is 0.444 e. The smallest absolute Gasteiger partial charge is 0.410 e. The predicted molar refractivity (Wildman–Crippen MR) is 92.3 cm³/mol. The second-order valence-electron chi connectivity index (χ2n) is 6.65. The van der Waals surface area contributed by atoms with Gasteiger partial charge in [0.2, 0.25) is 0 Å². The van der Waals surface area contributed by atoms with Gasteiger partial charge < -0.3 is 15.0 Å². The van der Waals surface area contributed by atoms with Gasteiger partial charge in [-0.05, 0) is 51.5 Å². The first-order valence-corrected chi connectivity index (χ1v) is 8.52. The van der Waals surface area contributed by atoms with Crippen LogP contribution in [-0.4, -0.2) is 35.7 Å². The summed E-state index contributed by atoms with van der Waals surface area (Å²) in [5.74, 6) is 0. The van der Waals surface area contributed by atoms with E-state index in [0.29, 0.717) is 18.1 Å². The van der Waals surface area contributed by atoms with Crippen molar-refractivity contribution in [3.8, 4) is 0 Å². The highest BCUT2D eigenvalue weighted by molar-refractivity contribution is 9.10. The molecule has 122 valence electrons. The Morgan fingerprint density at radius 3 is 2.68 bits per heavy atom. The summed E-state index contributed by atoms with van der Waals surface area (Å²) in [5.41, 5.74) is 0.566. The molecule has 2 rings (SSSR count). The highest BCUT2D eigenvalue weighted by Gasteiger charge is 2.32. The molecule has 0 aromatic heterocycles. The molecule has 0 unspecified atom stereocenters. The van der Waals surface area contributed by atoms with Crippen molar-refractivity contribution in [2.24, 2.45) is 0 Å².